The van der Waals surface area contributed by atoms with Crippen LogP contribution in [0.1, 0.15) is 49.9 Å². The van der Waals surface area contributed by atoms with E-state index >= 15 is 0 Å². The smallest absolute Gasteiger partial charge is 0.257 e. The zero-order valence-electron chi connectivity index (χ0n) is 11.0. The standard InChI is InChI=1S/C12H21N3O3/c1-16-9(8-13)10-14-11(15-18-10)12(17-2)6-4-3-5-7-12/h9H,3-8,13H2,1-2H3. The lowest BCUT2D eigenvalue weighted by Gasteiger charge is -2.32. The summed E-state index contributed by atoms with van der Waals surface area (Å²) in [5.41, 5.74) is 5.19. The third-order valence-electron chi connectivity index (χ3n) is 3.68. The van der Waals surface area contributed by atoms with E-state index in [1.807, 2.05) is 0 Å². The van der Waals surface area contributed by atoms with Crippen molar-refractivity contribution in [3.8, 4) is 0 Å². The van der Waals surface area contributed by atoms with Crippen molar-refractivity contribution in [3.05, 3.63) is 11.7 Å². The molecular weight excluding hydrogens is 234 g/mol. The zero-order chi connectivity index (χ0) is 13.0. The fraction of sp³-hybridized carbons (Fsp3) is 0.833. The van der Waals surface area contributed by atoms with Crippen molar-refractivity contribution < 1.29 is 14.0 Å². The van der Waals surface area contributed by atoms with Crippen LogP contribution in [-0.2, 0) is 15.1 Å². The second-order valence-electron chi connectivity index (χ2n) is 4.68. The first-order chi connectivity index (χ1) is 8.75. The minimum atomic E-state index is -0.396. The molecule has 1 aliphatic rings. The molecule has 1 aromatic rings. The lowest BCUT2D eigenvalue weighted by molar-refractivity contribution is -0.0527. The number of ether oxygens (including phenoxy) is 2. The van der Waals surface area contributed by atoms with E-state index in [1.54, 1.807) is 14.2 Å². The van der Waals surface area contributed by atoms with Gasteiger partial charge in [0.15, 0.2) is 0 Å². The number of rotatable bonds is 5. The van der Waals surface area contributed by atoms with E-state index in [1.165, 1.54) is 6.42 Å². The van der Waals surface area contributed by atoms with Gasteiger partial charge in [0.25, 0.3) is 5.89 Å². The molecule has 0 amide bonds. The highest BCUT2D eigenvalue weighted by molar-refractivity contribution is 5.04. The predicted molar refractivity (Wildman–Crippen MR) is 64.9 cm³/mol. The summed E-state index contributed by atoms with van der Waals surface area (Å²) in [5.74, 6) is 1.05. The van der Waals surface area contributed by atoms with E-state index in [2.05, 4.69) is 10.1 Å². The second-order valence-corrected chi connectivity index (χ2v) is 4.68. The van der Waals surface area contributed by atoms with Gasteiger partial charge in [-0.15, -0.1) is 0 Å². The maximum atomic E-state index is 5.67. The van der Waals surface area contributed by atoms with Gasteiger partial charge in [0.1, 0.15) is 11.7 Å². The Morgan fingerprint density at radius 1 is 1.33 bits per heavy atom. The van der Waals surface area contributed by atoms with Crippen LogP contribution in [0.3, 0.4) is 0 Å². The van der Waals surface area contributed by atoms with Crippen LogP contribution in [0.4, 0.5) is 0 Å². The van der Waals surface area contributed by atoms with Gasteiger partial charge in [-0.1, -0.05) is 24.4 Å². The molecule has 0 bridgehead atoms. The van der Waals surface area contributed by atoms with Crippen molar-refractivity contribution >= 4 is 0 Å². The largest absolute Gasteiger partial charge is 0.370 e. The summed E-state index contributed by atoms with van der Waals surface area (Å²) in [6, 6.07) is 0. The number of methoxy groups -OCH3 is 2. The molecule has 2 N–H and O–H groups in total. The summed E-state index contributed by atoms with van der Waals surface area (Å²) >= 11 is 0. The number of hydrogen-bond donors (Lipinski definition) is 1. The van der Waals surface area contributed by atoms with E-state index in [0.29, 0.717) is 18.3 Å². The fourth-order valence-electron chi connectivity index (χ4n) is 2.49. The molecule has 6 heteroatoms. The van der Waals surface area contributed by atoms with E-state index in [9.17, 15) is 0 Å². The fourth-order valence-corrected chi connectivity index (χ4v) is 2.49. The van der Waals surface area contributed by atoms with Crippen LogP contribution in [0.2, 0.25) is 0 Å². The van der Waals surface area contributed by atoms with Crippen LogP contribution in [0.5, 0.6) is 0 Å². The lowest BCUT2D eigenvalue weighted by atomic mass is 9.84. The predicted octanol–water partition coefficient (Wildman–Crippen LogP) is 1.52. The van der Waals surface area contributed by atoms with Gasteiger partial charge in [0.05, 0.1) is 0 Å². The molecule has 1 atom stereocenters. The number of nitrogens with two attached hydrogens (primary N) is 1. The van der Waals surface area contributed by atoms with Crippen LogP contribution in [0.15, 0.2) is 4.52 Å². The van der Waals surface area contributed by atoms with E-state index in [0.717, 1.165) is 25.7 Å². The Labute approximate surface area is 107 Å². The molecule has 0 saturated heterocycles. The van der Waals surface area contributed by atoms with Crippen molar-refractivity contribution in [2.45, 2.75) is 43.8 Å². The maximum absolute atomic E-state index is 5.67. The van der Waals surface area contributed by atoms with Gasteiger partial charge >= 0.3 is 0 Å². The quantitative estimate of drug-likeness (QED) is 0.858. The second kappa shape index (κ2) is 5.77. The molecule has 1 saturated carbocycles. The summed E-state index contributed by atoms with van der Waals surface area (Å²) in [7, 11) is 3.28. The Morgan fingerprint density at radius 2 is 2.06 bits per heavy atom. The number of nitrogens with zero attached hydrogens (tertiary/aromatic N) is 2. The Bertz CT molecular complexity index is 370. The molecule has 102 valence electrons. The van der Waals surface area contributed by atoms with Crippen molar-refractivity contribution in [2.75, 3.05) is 20.8 Å². The van der Waals surface area contributed by atoms with Crippen molar-refractivity contribution in [1.82, 2.24) is 10.1 Å². The molecule has 0 aromatic carbocycles. The third kappa shape index (κ3) is 2.41. The van der Waals surface area contributed by atoms with Gasteiger partial charge in [-0.3, -0.25) is 0 Å². The Kier molecular flexibility index (Phi) is 4.31. The Morgan fingerprint density at radius 3 is 2.61 bits per heavy atom. The SMILES string of the molecule is COC(CN)c1nc(C2(OC)CCCCC2)no1. The van der Waals surface area contributed by atoms with Crippen LogP contribution >= 0.6 is 0 Å². The molecule has 1 aromatic heterocycles. The Hall–Kier alpha value is -0.980. The summed E-state index contributed by atoms with van der Waals surface area (Å²) in [5, 5.41) is 4.05. The van der Waals surface area contributed by atoms with Crippen LogP contribution in [0, 0.1) is 0 Å². The van der Waals surface area contributed by atoms with Crippen LogP contribution < -0.4 is 5.73 Å². The highest BCUT2D eigenvalue weighted by Crippen LogP contribution is 2.38. The highest BCUT2D eigenvalue weighted by atomic mass is 16.5. The lowest BCUT2D eigenvalue weighted by Crippen LogP contribution is -2.32. The molecule has 0 aliphatic heterocycles. The van der Waals surface area contributed by atoms with Crippen LogP contribution in [0.25, 0.3) is 0 Å². The molecular formula is C12H21N3O3. The number of hydrogen-bond acceptors (Lipinski definition) is 6. The monoisotopic (exact) mass is 255 g/mol. The number of aromatic nitrogens is 2. The van der Waals surface area contributed by atoms with Crippen molar-refractivity contribution in [2.24, 2.45) is 5.73 Å². The Balaban J connectivity index is 2.21. The van der Waals surface area contributed by atoms with Gasteiger partial charge in [0, 0.05) is 20.8 Å². The first-order valence-electron chi connectivity index (χ1n) is 6.38. The summed E-state index contributed by atoms with van der Waals surface area (Å²) in [6.45, 7) is 0.318. The van der Waals surface area contributed by atoms with Crippen LogP contribution in [-0.4, -0.2) is 30.9 Å². The molecule has 18 heavy (non-hydrogen) atoms. The minimum absolute atomic E-state index is 0.318. The molecule has 0 radical (unpaired) electrons. The van der Waals surface area contributed by atoms with E-state index in [4.69, 9.17) is 19.7 Å². The first-order valence-corrected chi connectivity index (χ1v) is 6.38. The highest BCUT2D eigenvalue weighted by Gasteiger charge is 2.39. The van der Waals surface area contributed by atoms with Gasteiger partial charge in [-0.25, -0.2) is 0 Å². The molecule has 1 heterocycles. The average molecular weight is 255 g/mol. The van der Waals surface area contributed by atoms with Gasteiger partial charge in [0.2, 0.25) is 5.82 Å². The summed E-state index contributed by atoms with van der Waals surface area (Å²) in [4.78, 5) is 4.41. The first kappa shape index (κ1) is 13.5. The van der Waals surface area contributed by atoms with Gasteiger partial charge < -0.3 is 19.7 Å². The van der Waals surface area contributed by atoms with Crippen molar-refractivity contribution in [1.29, 1.82) is 0 Å². The molecule has 1 unspecified atom stereocenters. The molecule has 1 aliphatic carbocycles. The molecule has 0 spiro atoms. The minimum Gasteiger partial charge on any atom is -0.370 e. The summed E-state index contributed by atoms with van der Waals surface area (Å²) < 4.78 is 16.1. The third-order valence-corrected chi connectivity index (χ3v) is 3.68. The molecule has 1 fully saturated rings. The normalized spacial score (nSPS) is 20.8. The average Bonchev–Trinajstić information content (AvgIpc) is 2.91. The van der Waals surface area contributed by atoms with E-state index < -0.39 is 5.60 Å². The maximum Gasteiger partial charge on any atom is 0.257 e. The topological polar surface area (TPSA) is 83.4 Å². The summed E-state index contributed by atoms with van der Waals surface area (Å²) in [6.07, 6.45) is 5.01. The zero-order valence-corrected chi connectivity index (χ0v) is 11.0. The van der Waals surface area contributed by atoms with Gasteiger partial charge in [-0.2, -0.15) is 4.98 Å². The van der Waals surface area contributed by atoms with Gasteiger partial charge in [-0.05, 0) is 12.8 Å². The molecule has 6 nitrogen and oxygen atoms in total. The molecule has 2 rings (SSSR count). The van der Waals surface area contributed by atoms with Crippen molar-refractivity contribution in [3.63, 3.8) is 0 Å². The van der Waals surface area contributed by atoms with E-state index in [-0.39, 0.29) is 6.10 Å².